The van der Waals surface area contributed by atoms with Gasteiger partial charge in [-0.1, -0.05) is 0 Å². The van der Waals surface area contributed by atoms with Gasteiger partial charge in [0.2, 0.25) is 0 Å². The molecule has 0 saturated heterocycles. The first kappa shape index (κ1) is 16.2. The van der Waals surface area contributed by atoms with Gasteiger partial charge < -0.3 is 9.84 Å². The molecule has 1 rings (SSSR count). The van der Waals surface area contributed by atoms with Gasteiger partial charge in [-0.2, -0.15) is 0 Å². The van der Waals surface area contributed by atoms with Gasteiger partial charge in [0.05, 0.1) is 6.61 Å². The van der Waals surface area contributed by atoms with Crippen molar-refractivity contribution in [2.24, 2.45) is 10.5 Å². The molecule has 0 spiro atoms. The second-order valence-electron chi connectivity index (χ2n) is 4.08. The second-order valence-corrected chi connectivity index (χ2v) is 6.94. The Hall–Kier alpha value is 0.1000. The molecule has 0 fully saturated rings. The highest BCUT2D eigenvalue weighted by molar-refractivity contribution is 7.57. The normalized spacial score (nSPS) is 20.2. The molecule has 0 radical (unpaired) electrons. The van der Waals surface area contributed by atoms with Crippen molar-refractivity contribution in [3.05, 3.63) is 11.8 Å². The summed E-state index contributed by atoms with van der Waals surface area (Å²) < 4.78 is 17.5. The van der Waals surface area contributed by atoms with Crippen LogP contribution < -0.4 is 10.8 Å². The molecule has 0 aromatic heterocycles. The summed E-state index contributed by atoms with van der Waals surface area (Å²) >= 11 is 11.3. The Bertz CT molecular complexity index is 387. The highest BCUT2D eigenvalue weighted by atomic mass is 35.5. The standard InChI is InChI=1S/C10H18Cl2N3O2P/c1-8-4-9(15-6-8)7-17-18(13,16)10(5-12)14-3-2-11/h6,10,14H,2-5,7H2,1H3,(H2,13,16). The number of allylic oxidation sites excluding steroid dienone is 1. The molecule has 0 aromatic rings. The van der Waals surface area contributed by atoms with Gasteiger partial charge in [0.1, 0.15) is 5.78 Å². The molecule has 3 N–H and O–H groups in total. The molecule has 1 heterocycles. The Labute approximate surface area is 117 Å². The predicted octanol–water partition coefficient (Wildman–Crippen LogP) is 2.30. The molecule has 1 aliphatic rings. The molecule has 0 amide bonds. The molecule has 0 aliphatic carbocycles. The summed E-state index contributed by atoms with van der Waals surface area (Å²) in [7, 11) is -3.31. The average Bonchev–Trinajstić information content (AvgIpc) is 2.73. The Morgan fingerprint density at radius 1 is 1.67 bits per heavy atom. The van der Waals surface area contributed by atoms with Gasteiger partial charge in [-0.05, 0) is 12.5 Å². The Kier molecular flexibility index (Phi) is 6.85. The third kappa shape index (κ3) is 5.00. The van der Waals surface area contributed by atoms with Gasteiger partial charge in [-0.25, -0.2) is 0 Å². The number of rotatable bonds is 8. The fraction of sp³-hybridized carbons (Fsp3) is 0.700. The number of alkyl halides is 2. The predicted molar refractivity (Wildman–Crippen MR) is 76.8 cm³/mol. The number of nitrogens with two attached hydrogens (primary N) is 1. The average molecular weight is 314 g/mol. The lowest BCUT2D eigenvalue weighted by Gasteiger charge is -2.22. The van der Waals surface area contributed by atoms with Crippen molar-refractivity contribution in [2.45, 2.75) is 19.1 Å². The number of hydrogen-bond donors (Lipinski definition) is 2. The van der Waals surface area contributed by atoms with Crippen molar-refractivity contribution in [2.75, 3.05) is 24.9 Å². The minimum Gasteiger partial charge on any atom is -0.310 e. The zero-order chi connectivity index (χ0) is 13.6. The maximum absolute atomic E-state index is 12.2. The maximum atomic E-state index is 12.2. The fourth-order valence-corrected chi connectivity index (χ4v) is 3.37. The number of nitrogens with one attached hydrogen (secondary N) is 1. The lowest BCUT2D eigenvalue weighted by molar-refractivity contribution is 0.350. The van der Waals surface area contributed by atoms with E-state index in [-0.39, 0.29) is 12.5 Å². The van der Waals surface area contributed by atoms with E-state index in [1.54, 1.807) is 6.20 Å². The van der Waals surface area contributed by atoms with Crippen molar-refractivity contribution < 1.29 is 9.09 Å². The van der Waals surface area contributed by atoms with E-state index in [2.05, 4.69) is 10.3 Å². The van der Waals surface area contributed by atoms with Crippen LogP contribution in [0.1, 0.15) is 13.3 Å². The Morgan fingerprint density at radius 3 is 2.89 bits per heavy atom. The largest absolute Gasteiger partial charge is 0.310 e. The summed E-state index contributed by atoms with van der Waals surface area (Å²) in [5.74, 6) is -0.0913. The minimum absolute atomic E-state index is 0.106. The van der Waals surface area contributed by atoms with E-state index in [4.69, 9.17) is 33.2 Å². The summed E-state index contributed by atoms with van der Waals surface area (Å²) in [6, 6.07) is 0. The van der Waals surface area contributed by atoms with E-state index in [1.807, 2.05) is 6.92 Å². The molecule has 1 aliphatic heterocycles. The van der Waals surface area contributed by atoms with Gasteiger partial charge in [0.15, 0.2) is 0 Å². The molecule has 5 nitrogen and oxygen atoms in total. The molecule has 0 saturated carbocycles. The SMILES string of the molecule is CC1=CN=C(COP(N)(=O)C(CCl)NCCCl)C1. The Balaban J connectivity index is 2.45. The van der Waals surface area contributed by atoms with E-state index in [0.717, 1.165) is 17.7 Å². The van der Waals surface area contributed by atoms with Crippen molar-refractivity contribution in [3.63, 3.8) is 0 Å². The summed E-state index contributed by atoms with van der Waals surface area (Å²) in [6.07, 6.45) is 2.51. The van der Waals surface area contributed by atoms with Crippen LogP contribution in [0.5, 0.6) is 0 Å². The first-order chi connectivity index (χ1) is 8.49. The zero-order valence-electron chi connectivity index (χ0n) is 10.2. The molecule has 0 aromatic carbocycles. The number of aliphatic imine (C=N–C) groups is 1. The molecule has 2 unspecified atom stereocenters. The van der Waals surface area contributed by atoms with Crippen LogP contribution in [0.2, 0.25) is 0 Å². The molecule has 2 atom stereocenters. The summed E-state index contributed by atoms with van der Waals surface area (Å²) in [4.78, 5) is 4.15. The monoisotopic (exact) mass is 313 g/mol. The van der Waals surface area contributed by atoms with E-state index in [1.165, 1.54) is 0 Å². The first-order valence-electron chi connectivity index (χ1n) is 5.59. The van der Waals surface area contributed by atoms with E-state index in [9.17, 15) is 4.57 Å². The third-order valence-electron chi connectivity index (χ3n) is 2.44. The quantitative estimate of drug-likeness (QED) is 0.532. The number of halogens is 2. The number of nitrogens with zero attached hydrogens (tertiary/aromatic N) is 1. The van der Waals surface area contributed by atoms with Crippen molar-refractivity contribution in [1.29, 1.82) is 0 Å². The smallest absolute Gasteiger partial charge is 0.285 e. The second kappa shape index (κ2) is 7.63. The fourth-order valence-electron chi connectivity index (χ4n) is 1.47. The van der Waals surface area contributed by atoms with Crippen LogP contribution in [0.25, 0.3) is 0 Å². The first-order valence-corrected chi connectivity index (χ1v) is 8.42. The van der Waals surface area contributed by atoms with Gasteiger partial charge in [0, 0.05) is 36.6 Å². The third-order valence-corrected chi connectivity index (χ3v) is 4.92. The molecule has 18 heavy (non-hydrogen) atoms. The van der Waals surface area contributed by atoms with Crippen molar-refractivity contribution >= 4 is 36.4 Å². The summed E-state index contributed by atoms with van der Waals surface area (Å²) in [5.41, 5.74) is 7.67. The Morgan fingerprint density at radius 2 is 2.39 bits per heavy atom. The molecular weight excluding hydrogens is 296 g/mol. The van der Waals surface area contributed by atoms with Gasteiger partial charge in [0.25, 0.3) is 7.52 Å². The summed E-state index contributed by atoms with van der Waals surface area (Å²) in [5, 5.41) is 2.91. The van der Waals surface area contributed by atoms with Crippen LogP contribution in [0, 0.1) is 0 Å². The molecule has 8 heteroatoms. The molecule has 104 valence electrons. The lowest BCUT2D eigenvalue weighted by atomic mass is 10.2. The lowest BCUT2D eigenvalue weighted by Crippen LogP contribution is -2.35. The van der Waals surface area contributed by atoms with Crippen molar-refractivity contribution in [1.82, 2.24) is 5.32 Å². The van der Waals surface area contributed by atoms with Crippen molar-refractivity contribution in [3.8, 4) is 0 Å². The zero-order valence-corrected chi connectivity index (χ0v) is 12.6. The van der Waals surface area contributed by atoms with Crippen LogP contribution in [-0.4, -0.2) is 36.4 Å². The highest BCUT2D eigenvalue weighted by Gasteiger charge is 2.29. The maximum Gasteiger partial charge on any atom is 0.285 e. The molecular formula is C10H18Cl2N3O2P. The topological polar surface area (TPSA) is 76.7 Å². The van der Waals surface area contributed by atoms with Crippen LogP contribution in [0.4, 0.5) is 0 Å². The van der Waals surface area contributed by atoms with Crippen LogP contribution in [0.15, 0.2) is 16.8 Å². The highest BCUT2D eigenvalue weighted by Crippen LogP contribution is 2.42. The van der Waals surface area contributed by atoms with E-state index >= 15 is 0 Å². The van der Waals surface area contributed by atoms with Gasteiger partial charge in [-0.15, -0.1) is 23.2 Å². The van der Waals surface area contributed by atoms with Gasteiger partial charge in [-0.3, -0.25) is 15.1 Å². The van der Waals surface area contributed by atoms with E-state index < -0.39 is 13.3 Å². The van der Waals surface area contributed by atoms with Crippen LogP contribution >= 0.6 is 30.7 Å². The number of hydrogen-bond acceptors (Lipinski definition) is 4. The van der Waals surface area contributed by atoms with Crippen LogP contribution in [0.3, 0.4) is 0 Å². The minimum atomic E-state index is -3.31. The van der Waals surface area contributed by atoms with Gasteiger partial charge >= 0.3 is 0 Å². The van der Waals surface area contributed by atoms with Crippen LogP contribution in [-0.2, 0) is 9.09 Å². The summed E-state index contributed by atoms with van der Waals surface area (Å²) in [6.45, 7) is 2.62. The van der Waals surface area contributed by atoms with E-state index in [0.29, 0.717) is 12.4 Å². The molecule has 0 bridgehead atoms.